The third-order valence-corrected chi connectivity index (χ3v) is 5.08. The number of aromatic amines is 1. The van der Waals surface area contributed by atoms with Gasteiger partial charge in [-0.2, -0.15) is 0 Å². The van der Waals surface area contributed by atoms with Gasteiger partial charge in [0.2, 0.25) is 0 Å². The van der Waals surface area contributed by atoms with Crippen LogP contribution < -0.4 is 11.2 Å². The van der Waals surface area contributed by atoms with Crippen LogP contribution in [0, 0.1) is 0 Å². The summed E-state index contributed by atoms with van der Waals surface area (Å²) in [5.74, 6) is -1.36. The molecular weight excluding hydrogens is 432 g/mol. The average Bonchev–Trinajstić information content (AvgIpc) is 3.13. The Kier molecular flexibility index (Phi) is 6.48. The molecule has 4 rings (SSSR count). The molecule has 1 saturated heterocycles. The second-order valence-electron chi connectivity index (χ2n) is 7.27. The lowest BCUT2D eigenvalue weighted by Gasteiger charge is -2.20. The van der Waals surface area contributed by atoms with Gasteiger partial charge in [-0.25, -0.2) is 14.4 Å². The van der Waals surface area contributed by atoms with Crippen LogP contribution in [0.5, 0.6) is 0 Å². The van der Waals surface area contributed by atoms with Crippen LogP contribution in [0.15, 0.2) is 82.5 Å². The molecule has 2 heterocycles. The normalized spacial score (nSPS) is 22.0. The maximum Gasteiger partial charge on any atom is 0.338 e. The Balaban J connectivity index is 1.56. The van der Waals surface area contributed by atoms with E-state index in [1.54, 1.807) is 60.7 Å². The van der Waals surface area contributed by atoms with E-state index in [0.717, 1.165) is 16.8 Å². The first-order chi connectivity index (χ1) is 15.9. The van der Waals surface area contributed by atoms with Crippen LogP contribution >= 0.6 is 0 Å². The molecule has 0 aliphatic carbocycles. The lowest BCUT2D eigenvalue weighted by Crippen LogP contribution is -2.40. The smallest absolute Gasteiger partial charge is 0.338 e. The summed E-state index contributed by atoms with van der Waals surface area (Å²) < 4.78 is 17.5. The van der Waals surface area contributed by atoms with E-state index in [1.165, 1.54) is 0 Å². The van der Waals surface area contributed by atoms with E-state index in [0.29, 0.717) is 5.56 Å². The van der Waals surface area contributed by atoms with E-state index >= 15 is 0 Å². The van der Waals surface area contributed by atoms with Crippen molar-refractivity contribution >= 4 is 11.9 Å². The minimum Gasteiger partial charge on any atom is -0.459 e. The highest BCUT2D eigenvalue weighted by atomic mass is 16.6. The van der Waals surface area contributed by atoms with Crippen LogP contribution in [-0.4, -0.2) is 51.5 Å². The molecule has 0 unspecified atom stereocenters. The molecule has 0 amide bonds. The molecular formula is C23H20N2O8. The van der Waals surface area contributed by atoms with Gasteiger partial charge >= 0.3 is 17.6 Å². The van der Waals surface area contributed by atoms with Crippen molar-refractivity contribution in [2.24, 2.45) is 0 Å². The third kappa shape index (κ3) is 4.92. The predicted octanol–water partition coefficient (Wildman–Crippen LogP) is 0.878. The lowest BCUT2D eigenvalue weighted by molar-refractivity contribution is -0.0614. The number of nitrogens with zero attached hydrogens (tertiary/aromatic N) is 1. The largest absolute Gasteiger partial charge is 0.459 e. The van der Waals surface area contributed by atoms with Gasteiger partial charge in [0.15, 0.2) is 12.3 Å². The fourth-order valence-electron chi connectivity index (χ4n) is 3.44. The predicted molar refractivity (Wildman–Crippen MR) is 114 cm³/mol. The summed E-state index contributed by atoms with van der Waals surface area (Å²) in [5, 5.41) is 10.8. The molecule has 10 heteroatoms. The van der Waals surface area contributed by atoms with E-state index in [2.05, 4.69) is 4.98 Å². The van der Waals surface area contributed by atoms with Gasteiger partial charge < -0.3 is 19.3 Å². The Morgan fingerprint density at radius 2 is 1.55 bits per heavy atom. The summed E-state index contributed by atoms with van der Waals surface area (Å²) in [6.07, 6.45) is -3.96. The van der Waals surface area contributed by atoms with Gasteiger partial charge in [0.05, 0.1) is 11.1 Å². The Morgan fingerprint density at radius 1 is 0.939 bits per heavy atom. The van der Waals surface area contributed by atoms with Crippen LogP contribution in [-0.2, 0) is 14.2 Å². The number of hydrogen-bond donors (Lipinski definition) is 2. The van der Waals surface area contributed by atoms with E-state index in [9.17, 15) is 24.3 Å². The lowest BCUT2D eigenvalue weighted by atomic mass is 10.1. The van der Waals surface area contributed by atoms with Crippen molar-refractivity contribution in [3.63, 3.8) is 0 Å². The highest BCUT2D eigenvalue weighted by Gasteiger charge is 2.48. The van der Waals surface area contributed by atoms with Gasteiger partial charge in [-0.1, -0.05) is 36.4 Å². The zero-order chi connectivity index (χ0) is 23.4. The van der Waals surface area contributed by atoms with Gasteiger partial charge in [0.1, 0.15) is 18.8 Å². The summed E-state index contributed by atoms with van der Waals surface area (Å²) in [7, 11) is 0. The summed E-state index contributed by atoms with van der Waals surface area (Å²) in [4.78, 5) is 50.6. The summed E-state index contributed by atoms with van der Waals surface area (Å²) in [5.41, 5.74) is -0.887. The maximum atomic E-state index is 12.6. The number of carbonyl (C=O) groups is 2. The molecule has 3 aromatic rings. The molecule has 10 nitrogen and oxygen atoms in total. The molecule has 0 bridgehead atoms. The van der Waals surface area contributed by atoms with Crippen molar-refractivity contribution in [2.75, 3.05) is 6.61 Å². The third-order valence-electron chi connectivity index (χ3n) is 5.08. The number of rotatable bonds is 6. The van der Waals surface area contributed by atoms with Crippen molar-refractivity contribution in [3.05, 3.63) is 105 Å². The molecule has 33 heavy (non-hydrogen) atoms. The van der Waals surface area contributed by atoms with E-state index < -0.39 is 47.7 Å². The molecule has 0 spiro atoms. The number of esters is 2. The number of H-pyrrole nitrogens is 1. The van der Waals surface area contributed by atoms with E-state index in [-0.39, 0.29) is 12.2 Å². The minimum atomic E-state index is -1.48. The van der Waals surface area contributed by atoms with Gasteiger partial charge in [-0.15, -0.1) is 0 Å². The molecule has 1 aliphatic rings. The highest BCUT2D eigenvalue weighted by molar-refractivity contribution is 5.90. The number of aromatic nitrogens is 2. The fraction of sp³-hybridized carbons (Fsp3) is 0.217. The van der Waals surface area contributed by atoms with Crippen LogP contribution in [0.2, 0.25) is 0 Å². The zero-order valence-corrected chi connectivity index (χ0v) is 17.2. The Labute approximate surface area is 187 Å². The number of ether oxygens (including phenoxy) is 3. The monoisotopic (exact) mass is 452 g/mol. The molecule has 2 aromatic carbocycles. The first-order valence-electron chi connectivity index (χ1n) is 10.1. The van der Waals surface area contributed by atoms with Gasteiger partial charge in [-0.3, -0.25) is 14.3 Å². The van der Waals surface area contributed by atoms with Crippen molar-refractivity contribution in [1.29, 1.82) is 0 Å². The van der Waals surface area contributed by atoms with Crippen LogP contribution in [0.25, 0.3) is 0 Å². The quantitative estimate of drug-likeness (QED) is 0.526. The first kappa shape index (κ1) is 22.2. The summed E-state index contributed by atoms with van der Waals surface area (Å²) >= 11 is 0. The number of aliphatic hydroxyl groups excluding tert-OH is 1. The summed E-state index contributed by atoms with van der Waals surface area (Å²) in [6, 6.07) is 17.5. The number of benzene rings is 2. The minimum absolute atomic E-state index is 0.245. The second-order valence-corrected chi connectivity index (χ2v) is 7.27. The van der Waals surface area contributed by atoms with Crippen molar-refractivity contribution in [2.45, 2.75) is 24.5 Å². The van der Waals surface area contributed by atoms with Gasteiger partial charge in [0, 0.05) is 12.3 Å². The van der Waals surface area contributed by atoms with Crippen LogP contribution in [0.4, 0.5) is 0 Å². The maximum absolute atomic E-state index is 12.6. The van der Waals surface area contributed by atoms with Gasteiger partial charge in [-0.05, 0) is 24.3 Å². The molecule has 4 atom stereocenters. The van der Waals surface area contributed by atoms with Gasteiger partial charge in [0.25, 0.3) is 5.56 Å². The van der Waals surface area contributed by atoms with Crippen molar-refractivity contribution in [1.82, 2.24) is 9.55 Å². The number of carbonyl (C=O) groups excluding carboxylic acids is 2. The number of aliphatic hydroxyl groups is 1. The van der Waals surface area contributed by atoms with E-state index in [4.69, 9.17) is 14.2 Å². The second kappa shape index (κ2) is 9.63. The molecule has 170 valence electrons. The SMILES string of the molecule is O=C(OC[C@H]1O[C@H](n2ccc(=O)[nH]c2=O)[C@H](O)[C@@H]1OC(=O)c1ccccc1)c1ccccc1. The summed E-state index contributed by atoms with van der Waals surface area (Å²) in [6.45, 7) is -0.355. The Morgan fingerprint density at radius 3 is 2.15 bits per heavy atom. The van der Waals surface area contributed by atoms with Crippen molar-refractivity contribution < 1.29 is 28.9 Å². The molecule has 1 aromatic heterocycles. The van der Waals surface area contributed by atoms with Crippen LogP contribution in [0.3, 0.4) is 0 Å². The topological polar surface area (TPSA) is 137 Å². The first-order valence-corrected chi connectivity index (χ1v) is 10.1. The zero-order valence-electron chi connectivity index (χ0n) is 17.2. The molecule has 2 N–H and O–H groups in total. The molecule has 1 fully saturated rings. The fourth-order valence-corrected chi connectivity index (χ4v) is 3.44. The number of hydrogen-bond acceptors (Lipinski definition) is 8. The average molecular weight is 452 g/mol. The molecule has 1 aliphatic heterocycles. The Hall–Kier alpha value is -4.02. The number of nitrogens with one attached hydrogen (secondary N) is 1. The van der Waals surface area contributed by atoms with Crippen molar-refractivity contribution in [3.8, 4) is 0 Å². The highest BCUT2D eigenvalue weighted by Crippen LogP contribution is 2.31. The Bertz CT molecular complexity index is 1240. The standard InChI is InChI=1S/C23H20N2O8/c26-17-11-12-25(23(30)24-17)20-18(27)19(33-22(29)15-9-5-2-6-10-15)16(32-20)13-31-21(28)14-7-3-1-4-8-14/h1-12,16,18-20,27H,13H2,(H,24,26,30)/t16-,18-,19-,20+/m1/s1. The molecule has 0 radical (unpaired) electrons. The van der Waals surface area contributed by atoms with Crippen LogP contribution in [0.1, 0.15) is 26.9 Å². The van der Waals surface area contributed by atoms with E-state index in [1.807, 2.05) is 0 Å². The molecule has 0 saturated carbocycles.